The predicted octanol–water partition coefficient (Wildman–Crippen LogP) is 6.40. The molecule has 4 aromatic rings. The molecule has 15 heteroatoms. The molecule has 0 saturated carbocycles. The summed E-state index contributed by atoms with van der Waals surface area (Å²) in [5.74, 6) is -3.29. The number of pyridine rings is 1. The van der Waals surface area contributed by atoms with E-state index < -0.39 is 97.7 Å². The number of nitrogens with zero attached hydrogens (tertiary/aromatic N) is 2. The number of halogens is 8. The number of fused-ring (bicyclic) bond motifs is 2. The first-order valence-corrected chi connectivity index (χ1v) is 14.8. The van der Waals surface area contributed by atoms with E-state index in [1.807, 2.05) is 5.32 Å². The SMILES string of the molecule is Cn1c(=O)c(-c2cccc3c(C[C@H](NC(=O)C4(C(F)(F)F)CCN(CC(F)F)CC4)C(=O)O)cccc23)c(C(F)(F)F)c2ccccc21. The number of amides is 1. The average Bonchev–Trinajstić information content (AvgIpc) is 3.01. The molecule has 2 N–H and O–H groups in total. The zero-order valence-electron chi connectivity index (χ0n) is 25.3. The first kappa shape index (κ1) is 34.8. The topological polar surface area (TPSA) is 91.6 Å². The van der Waals surface area contributed by atoms with E-state index in [1.165, 1.54) is 67.7 Å². The minimum absolute atomic E-state index is 0.0517. The number of carbonyl (C=O) groups excluding carboxylic acids is 1. The van der Waals surface area contributed by atoms with Crippen molar-refractivity contribution in [1.82, 2.24) is 14.8 Å². The smallest absolute Gasteiger partial charge is 0.417 e. The maximum absolute atomic E-state index is 14.6. The summed E-state index contributed by atoms with van der Waals surface area (Å²) in [5.41, 5.74) is -5.64. The molecule has 0 spiro atoms. The number of likely N-dealkylation sites (tertiary alicyclic amines) is 1. The van der Waals surface area contributed by atoms with Gasteiger partial charge in [0.15, 0.2) is 0 Å². The molecule has 0 aliphatic carbocycles. The quantitative estimate of drug-likeness (QED) is 0.210. The standard InChI is InChI=1S/C33H29F8N3O4/c1-43-24-11-3-2-7-22(24)27(32(36,37)38)26(28(43)45)21-10-5-8-19-18(6-4-9-20(19)21)16-23(29(46)47)42-30(48)31(33(39,40)41)12-14-44(15-13-31)17-25(34)35/h2-11,23,25H,12-17H2,1H3,(H,42,48)(H,46,47)/t23-/m0/s1. The van der Waals surface area contributed by atoms with E-state index in [4.69, 9.17) is 0 Å². The summed E-state index contributed by atoms with van der Waals surface area (Å²) in [7, 11) is 1.33. The van der Waals surface area contributed by atoms with E-state index in [2.05, 4.69) is 0 Å². The van der Waals surface area contributed by atoms with Crippen molar-refractivity contribution in [1.29, 1.82) is 0 Å². The van der Waals surface area contributed by atoms with Crippen molar-refractivity contribution in [3.05, 3.63) is 82.1 Å². The van der Waals surface area contributed by atoms with Crippen LogP contribution >= 0.6 is 0 Å². The molecule has 0 radical (unpaired) electrons. The Morgan fingerprint density at radius 2 is 1.50 bits per heavy atom. The molecule has 1 aromatic heterocycles. The molecule has 256 valence electrons. The Labute approximate surface area is 267 Å². The van der Waals surface area contributed by atoms with Crippen LogP contribution in [0.2, 0.25) is 0 Å². The van der Waals surface area contributed by atoms with E-state index >= 15 is 0 Å². The molecule has 1 aliphatic heterocycles. The number of hydrogen-bond donors (Lipinski definition) is 2. The molecule has 1 aliphatic rings. The lowest BCUT2D eigenvalue weighted by atomic mass is 9.76. The number of aliphatic carboxylic acids is 1. The first-order chi connectivity index (χ1) is 22.5. The number of rotatable bonds is 8. The Bertz CT molecular complexity index is 1930. The number of aromatic nitrogens is 1. The highest BCUT2D eigenvalue weighted by Gasteiger charge is 2.61. The number of para-hydroxylation sites is 1. The summed E-state index contributed by atoms with van der Waals surface area (Å²) in [6.45, 7) is -1.70. The summed E-state index contributed by atoms with van der Waals surface area (Å²) < 4.78 is 113. The second kappa shape index (κ2) is 12.8. The highest BCUT2D eigenvalue weighted by Crippen LogP contribution is 2.47. The molecule has 0 unspecified atom stereocenters. The maximum Gasteiger partial charge on any atom is 0.417 e. The van der Waals surface area contributed by atoms with Crippen LogP contribution in [0.25, 0.3) is 32.8 Å². The fourth-order valence-corrected chi connectivity index (χ4v) is 6.48. The Morgan fingerprint density at radius 1 is 0.896 bits per heavy atom. The molecular weight excluding hydrogens is 654 g/mol. The normalized spacial score (nSPS) is 16.4. The Morgan fingerprint density at radius 3 is 2.10 bits per heavy atom. The second-order valence-corrected chi connectivity index (χ2v) is 11.8. The number of carbonyl (C=O) groups is 2. The lowest BCUT2D eigenvalue weighted by Gasteiger charge is -2.41. The maximum atomic E-state index is 14.6. The van der Waals surface area contributed by atoms with Crippen LogP contribution < -0.4 is 10.9 Å². The van der Waals surface area contributed by atoms with Gasteiger partial charge >= 0.3 is 18.3 Å². The van der Waals surface area contributed by atoms with Crippen LogP contribution in [0.3, 0.4) is 0 Å². The summed E-state index contributed by atoms with van der Waals surface area (Å²) in [4.78, 5) is 40.1. The zero-order chi connectivity index (χ0) is 35.2. The highest BCUT2D eigenvalue weighted by atomic mass is 19.4. The lowest BCUT2D eigenvalue weighted by Crippen LogP contribution is -2.59. The summed E-state index contributed by atoms with van der Waals surface area (Å²) in [6, 6.07) is 12.0. The molecule has 5 rings (SSSR count). The average molecular weight is 684 g/mol. The number of nitrogens with one attached hydrogen (secondary N) is 1. The van der Waals surface area contributed by atoms with Gasteiger partial charge in [0.05, 0.1) is 23.2 Å². The van der Waals surface area contributed by atoms with Crippen LogP contribution in [0, 0.1) is 5.41 Å². The number of benzene rings is 3. The molecular formula is C33H29F8N3O4. The van der Waals surface area contributed by atoms with Crippen LogP contribution in [-0.4, -0.2) is 64.7 Å². The summed E-state index contributed by atoms with van der Waals surface area (Å²) in [6.07, 6.45) is -15.1. The Balaban J connectivity index is 1.55. The van der Waals surface area contributed by atoms with Gasteiger partial charge in [0.2, 0.25) is 5.91 Å². The molecule has 1 amide bonds. The molecule has 1 fully saturated rings. The van der Waals surface area contributed by atoms with Gasteiger partial charge in [0.1, 0.15) is 11.5 Å². The Kier molecular flexibility index (Phi) is 9.30. The van der Waals surface area contributed by atoms with Gasteiger partial charge in [-0.3, -0.25) is 14.5 Å². The predicted molar refractivity (Wildman–Crippen MR) is 161 cm³/mol. The highest BCUT2D eigenvalue weighted by molar-refractivity contribution is 6.02. The van der Waals surface area contributed by atoms with Crippen LogP contribution in [0.1, 0.15) is 24.0 Å². The fraction of sp³-hybridized carbons (Fsp3) is 0.364. The van der Waals surface area contributed by atoms with E-state index in [9.17, 15) is 54.6 Å². The van der Waals surface area contributed by atoms with Gasteiger partial charge in [-0.25, -0.2) is 13.6 Å². The van der Waals surface area contributed by atoms with Crippen molar-refractivity contribution in [3.8, 4) is 11.1 Å². The van der Waals surface area contributed by atoms with Crippen LogP contribution in [0.5, 0.6) is 0 Å². The van der Waals surface area contributed by atoms with E-state index in [1.54, 1.807) is 0 Å². The number of carboxylic acids is 1. The minimum atomic E-state index is -5.12. The van der Waals surface area contributed by atoms with Crippen molar-refractivity contribution >= 4 is 33.6 Å². The van der Waals surface area contributed by atoms with Gasteiger partial charge in [0.25, 0.3) is 12.0 Å². The number of aryl methyl sites for hydroxylation is 1. The van der Waals surface area contributed by atoms with Crippen molar-refractivity contribution in [2.24, 2.45) is 12.5 Å². The number of carboxylic acid groups (broad SMARTS) is 1. The van der Waals surface area contributed by atoms with Gasteiger partial charge in [-0.15, -0.1) is 0 Å². The third kappa shape index (κ3) is 6.34. The van der Waals surface area contributed by atoms with Crippen molar-refractivity contribution in [2.45, 2.75) is 44.1 Å². The lowest BCUT2D eigenvalue weighted by molar-refractivity contribution is -0.233. The number of piperidine rings is 1. The van der Waals surface area contributed by atoms with Gasteiger partial charge < -0.3 is 15.0 Å². The third-order valence-electron chi connectivity index (χ3n) is 8.98. The van der Waals surface area contributed by atoms with Crippen molar-refractivity contribution in [2.75, 3.05) is 19.6 Å². The van der Waals surface area contributed by atoms with Crippen LogP contribution in [-0.2, 0) is 29.2 Å². The van der Waals surface area contributed by atoms with E-state index in [-0.39, 0.29) is 32.8 Å². The largest absolute Gasteiger partial charge is 0.480 e. The molecule has 0 bridgehead atoms. The number of hydrogen-bond acceptors (Lipinski definition) is 4. The molecule has 7 nitrogen and oxygen atoms in total. The van der Waals surface area contributed by atoms with Gasteiger partial charge in [-0.2, -0.15) is 26.3 Å². The first-order valence-electron chi connectivity index (χ1n) is 14.8. The molecule has 1 saturated heterocycles. The monoisotopic (exact) mass is 683 g/mol. The van der Waals surface area contributed by atoms with E-state index in [0.29, 0.717) is 0 Å². The third-order valence-corrected chi connectivity index (χ3v) is 8.98. The zero-order valence-corrected chi connectivity index (χ0v) is 25.3. The second-order valence-electron chi connectivity index (χ2n) is 11.8. The van der Waals surface area contributed by atoms with Gasteiger partial charge in [-0.1, -0.05) is 54.6 Å². The number of alkyl halides is 8. The van der Waals surface area contributed by atoms with Gasteiger partial charge in [0, 0.05) is 18.9 Å². The Hall–Kier alpha value is -4.53. The fourth-order valence-electron chi connectivity index (χ4n) is 6.48. The molecule has 48 heavy (non-hydrogen) atoms. The summed E-state index contributed by atoms with van der Waals surface area (Å²) >= 11 is 0. The summed E-state index contributed by atoms with van der Waals surface area (Å²) in [5, 5.41) is 12.1. The van der Waals surface area contributed by atoms with Gasteiger partial charge in [-0.05, 0) is 53.9 Å². The molecule has 3 aromatic carbocycles. The van der Waals surface area contributed by atoms with E-state index in [0.717, 1.165) is 9.47 Å². The minimum Gasteiger partial charge on any atom is -0.480 e. The van der Waals surface area contributed by atoms with Crippen LogP contribution in [0.4, 0.5) is 35.1 Å². The molecule has 1 atom stereocenters. The van der Waals surface area contributed by atoms with Crippen molar-refractivity contribution in [3.63, 3.8) is 0 Å². The van der Waals surface area contributed by atoms with Crippen LogP contribution in [0.15, 0.2) is 65.5 Å². The molecule has 2 heterocycles. The van der Waals surface area contributed by atoms with Crippen molar-refractivity contribution < 1.29 is 49.8 Å².